The van der Waals surface area contributed by atoms with Gasteiger partial charge >= 0.3 is 0 Å². The summed E-state index contributed by atoms with van der Waals surface area (Å²) < 4.78 is 0. The van der Waals surface area contributed by atoms with Crippen molar-refractivity contribution >= 4 is 5.95 Å². The average Bonchev–Trinajstić information content (AvgIpc) is 2.34. The lowest BCUT2D eigenvalue weighted by Crippen LogP contribution is -2.46. The molecule has 0 saturated carbocycles. The van der Waals surface area contributed by atoms with Crippen molar-refractivity contribution in [3.63, 3.8) is 0 Å². The van der Waals surface area contributed by atoms with Gasteiger partial charge in [0, 0.05) is 30.5 Å². The van der Waals surface area contributed by atoms with E-state index < -0.39 is 0 Å². The second-order valence-corrected chi connectivity index (χ2v) is 5.26. The van der Waals surface area contributed by atoms with Gasteiger partial charge in [0.1, 0.15) is 0 Å². The van der Waals surface area contributed by atoms with E-state index in [2.05, 4.69) is 35.6 Å². The molecule has 1 fully saturated rings. The van der Waals surface area contributed by atoms with Gasteiger partial charge in [-0.1, -0.05) is 13.8 Å². The molecule has 4 nitrogen and oxygen atoms in total. The van der Waals surface area contributed by atoms with Crippen LogP contribution in [-0.4, -0.2) is 27.7 Å². The number of hydrogen-bond donors (Lipinski definition) is 1. The third-order valence-corrected chi connectivity index (χ3v) is 3.73. The molecule has 0 radical (unpaired) electrons. The third-order valence-electron chi connectivity index (χ3n) is 3.73. The Morgan fingerprint density at radius 2 is 1.94 bits per heavy atom. The minimum atomic E-state index is 0.00262. The smallest absolute Gasteiger partial charge is 0.225 e. The number of anilines is 1. The zero-order chi connectivity index (χ0) is 12.4. The Kier molecular flexibility index (Phi) is 3.62. The fourth-order valence-corrected chi connectivity index (χ4v) is 2.56. The maximum Gasteiger partial charge on any atom is 0.225 e. The fraction of sp³-hybridized carbons (Fsp3) is 0.692. The second kappa shape index (κ2) is 5.00. The molecule has 0 aliphatic carbocycles. The summed E-state index contributed by atoms with van der Waals surface area (Å²) in [6, 6.07) is 0.478. The molecule has 0 amide bonds. The largest absolute Gasteiger partial charge is 0.392 e. The van der Waals surface area contributed by atoms with Gasteiger partial charge in [0.15, 0.2) is 0 Å². The highest BCUT2D eigenvalue weighted by Crippen LogP contribution is 2.29. The molecule has 0 bridgehead atoms. The molecule has 1 saturated heterocycles. The van der Waals surface area contributed by atoms with Crippen LogP contribution in [0, 0.1) is 11.8 Å². The molecule has 2 rings (SSSR count). The van der Waals surface area contributed by atoms with Crippen molar-refractivity contribution < 1.29 is 5.11 Å². The van der Waals surface area contributed by atoms with Crippen molar-refractivity contribution in [3.05, 3.63) is 18.0 Å². The molecule has 1 aromatic heterocycles. The van der Waals surface area contributed by atoms with Crippen LogP contribution in [0.4, 0.5) is 5.95 Å². The Morgan fingerprint density at radius 1 is 1.29 bits per heavy atom. The SMILES string of the molecule is CC1CC(C)C(C)N(c2ncc(CO)cn2)C1. The van der Waals surface area contributed by atoms with Crippen molar-refractivity contribution in [1.29, 1.82) is 0 Å². The van der Waals surface area contributed by atoms with E-state index in [1.54, 1.807) is 12.4 Å². The van der Waals surface area contributed by atoms with Crippen LogP contribution in [0.25, 0.3) is 0 Å². The molecule has 3 atom stereocenters. The van der Waals surface area contributed by atoms with Crippen LogP contribution < -0.4 is 4.90 Å². The Morgan fingerprint density at radius 3 is 2.53 bits per heavy atom. The fourth-order valence-electron chi connectivity index (χ4n) is 2.56. The monoisotopic (exact) mass is 235 g/mol. The second-order valence-electron chi connectivity index (χ2n) is 5.26. The van der Waals surface area contributed by atoms with Crippen LogP contribution in [0.1, 0.15) is 32.8 Å². The van der Waals surface area contributed by atoms with E-state index in [0.29, 0.717) is 17.9 Å². The predicted octanol–water partition coefficient (Wildman–Crippen LogP) is 1.84. The van der Waals surface area contributed by atoms with Gasteiger partial charge in [0.05, 0.1) is 6.61 Å². The van der Waals surface area contributed by atoms with Gasteiger partial charge in [-0.3, -0.25) is 0 Å². The molecule has 0 aromatic carbocycles. The topological polar surface area (TPSA) is 49.2 Å². The number of aromatic nitrogens is 2. The maximum atomic E-state index is 8.98. The molecule has 1 aliphatic heterocycles. The van der Waals surface area contributed by atoms with E-state index in [9.17, 15) is 0 Å². The molecule has 94 valence electrons. The van der Waals surface area contributed by atoms with E-state index in [4.69, 9.17) is 5.11 Å². The summed E-state index contributed by atoms with van der Waals surface area (Å²) in [5, 5.41) is 8.98. The maximum absolute atomic E-state index is 8.98. The van der Waals surface area contributed by atoms with Crippen LogP contribution in [0.2, 0.25) is 0 Å². The van der Waals surface area contributed by atoms with Crippen LogP contribution in [-0.2, 0) is 6.61 Å². The summed E-state index contributed by atoms with van der Waals surface area (Å²) in [6.07, 6.45) is 4.68. The predicted molar refractivity (Wildman–Crippen MR) is 67.7 cm³/mol. The quantitative estimate of drug-likeness (QED) is 0.849. The number of hydrogen-bond acceptors (Lipinski definition) is 4. The lowest BCUT2D eigenvalue weighted by atomic mass is 9.86. The van der Waals surface area contributed by atoms with E-state index in [0.717, 1.165) is 18.1 Å². The molecule has 0 spiro atoms. The van der Waals surface area contributed by atoms with Gasteiger partial charge < -0.3 is 10.0 Å². The zero-order valence-electron chi connectivity index (χ0n) is 10.8. The number of nitrogens with zero attached hydrogens (tertiary/aromatic N) is 3. The normalized spacial score (nSPS) is 29.4. The number of rotatable bonds is 2. The van der Waals surface area contributed by atoms with Crippen molar-refractivity contribution in [1.82, 2.24) is 9.97 Å². The Balaban J connectivity index is 2.19. The summed E-state index contributed by atoms with van der Waals surface area (Å²) in [6.45, 7) is 7.82. The Labute approximate surface area is 103 Å². The lowest BCUT2D eigenvalue weighted by molar-refractivity contribution is 0.280. The summed E-state index contributed by atoms with van der Waals surface area (Å²) in [4.78, 5) is 11.0. The van der Waals surface area contributed by atoms with Crippen LogP contribution >= 0.6 is 0 Å². The van der Waals surface area contributed by atoms with Gasteiger partial charge in [0.25, 0.3) is 0 Å². The highest BCUT2D eigenvalue weighted by Gasteiger charge is 2.30. The number of piperidine rings is 1. The number of aliphatic hydroxyl groups excluding tert-OH is 1. The van der Waals surface area contributed by atoms with E-state index in [-0.39, 0.29) is 6.61 Å². The first-order chi connectivity index (χ1) is 8.11. The molecule has 17 heavy (non-hydrogen) atoms. The standard InChI is InChI=1S/C13H21N3O/c1-9-4-10(2)11(3)16(7-9)13-14-5-12(8-17)6-15-13/h5-6,9-11,17H,4,7-8H2,1-3H3. The molecule has 4 heteroatoms. The Bertz CT molecular complexity index is 365. The van der Waals surface area contributed by atoms with Gasteiger partial charge in [-0.2, -0.15) is 0 Å². The molecular weight excluding hydrogens is 214 g/mol. The summed E-state index contributed by atoms with van der Waals surface area (Å²) in [5.41, 5.74) is 0.763. The molecule has 1 aromatic rings. The van der Waals surface area contributed by atoms with Gasteiger partial charge in [0.2, 0.25) is 5.95 Å². The average molecular weight is 235 g/mol. The zero-order valence-corrected chi connectivity index (χ0v) is 10.8. The summed E-state index contributed by atoms with van der Waals surface area (Å²) >= 11 is 0. The van der Waals surface area contributed by atoms with Crippen molar-refractivity contribution in [2.75, 3.05) is 11.4 Å². The summed E-state index contributed by atoms with van der Waals surface area (Å²) in [7, 11) is 0. The third kappa shape index (κ3) is 2.57. The molecule has 1 N–H and O–H groups in total. The van der Waals surface area contributed by atoms with Crippen LogP contribution in [0.3, 0.4) is 0 Å². The lowest BCUT2D eigenvalue weighted by Gasteiger charge is -2.41. The van der Waals surface area contributed by atoms with Crippen molar-refractivity contribution in [2.24, 2.45) is 11.8 Å². The first-order valence-electron chi connectivity index (χ1n) is 6.30. The van der Waals surface area contributed by atoms with Gasteiger partial charge in [-0.15, -0.1) is 0 Å². The van der Waals surface area contributed by atoms with Crippen LogP contribution in [0.5, 0.6) is 0 Å². The summed E-state index contributed by atoms with van der Waals surface area (Å²) in [5.74, 6) is 2.13. The molecule has 1 aliphatic rings. The highest BCUT2D eigenvalue weighted by molar-refractivity contribution is 5.32. The van der Waals surface area contributed by atoms with E-state index in [1.807, 2.05) is 0 Å². The van der Waals surface area contributed by atoms with Gasteiger partial charge in [-0.25, -0.2) is 9.97 Å². The van der Waals surface area contributed by atoms with Crippen molar-refractivity contribution in [3.8, 4) is 0 Å². The number of aliphatic hydroxyl groups is 1. The van der Waals surface area contributed by atoms with E-state index >= 15 is 0 Å². The minimum absolute atomic E-state index is 0.00262. The Hall–Kier alpha value is -1.16. The first kappa shape index (κ1) is 12.3. The van der Waals surface area contributed by atoms with E-state index in [1.165, 1.54) is 6.42 Å². The highest BCUT2D eigenvalue weighted by atomic mass is 16.3. The molecular formula is C13H21N3O. The molecule has 2 heterocycles. The minimum Gasteiger partial charge on any atom is -0.392 e. The van der Waals surface area contributed by atoms with Crippen LogP contribution in [0.15, 0.2) is 12.4 Å². The first-order valence-corrected chi connectivity index (χ1v) is 6.30. The molecule has 3 unspecified atom stereocenters. The van der Waals surface area contributed by atoms with Crippen molar-refractivity contribution in [2.45, 2.75) is 39.8 Å². The van der Waals surface area contributed by atoms with Gasteiger partial charge in [-0.05, 0) is 25.2 Å².